The molecule has 0 unspecified atom stereocenters. The predicted molar refractivity (Wildman–Crippen MR) is 101 cm³/mol. The Hall–Kier alpha value is -3.10. The van der Waals surface area contributed by atoms with E-state index in [1.54, 1.807) is 28.8 Å². The number of pyridine rings is 1. The first-order valence-electron chi connectivity index (χ1n) is 9.13. The summed E-state index contributed by atoms with van der Waals surface area (Å²) in [5.41, 5.74) is -0.694. The summed E-state index contributed by atoms with van der Waals surface area (Å²) in [5.74, 6) is -1.36. The molecule has 1 fully saturated rings. The molecule has 4 rings (SSSR count). The van der Waals surface area contributed by atoms with Crippen LogP contribution in [0, 0.1) is 5.82 Å². The molecule has 0 radical (unpaired) electrons. The second kappa shape index (κ2) is 7.06. The highest BCUT2D eigenvalue weighted by molar-refractivity contribution is 6.08. The van der Waals surface area contributed by atoms with Crippen molar-refractivity contribution < 1.29 is 22.4 Å². The standard InChI is InChI=1S/C20H18F4N4O/c1-27-10-7-12-17(27)13(19(29)28-8-2-3-9-28)11-25-18(12)26-15-6-4-5-14(16(15)21)20(22,23)24/h4-7,10-11H,2-3,8-9H2,1H3,(H,25,26). The Morgan fingerprint density at radius 3 is 2.59 bits per heavy atom. The predicted octanol–water partition coefficient (Wildman–Crippen LogP) is 4.71. The smallest absolute Gasteiger partial charge is 0.350 e. The van der Waals surface area contributed by atoms with Crippen LogP contribution >= 0.6 is 0 Å². The summed E-state index contributed by atoms with van der Waals surface area (Å²) in [7, 11) is 1.76. The fourth-order valence-corrected chi connectivity index (χ4v) is 3.64. The Bertz CT molecular complexity index is 1080. The number of carbonyl (C=O) groups excluding carboxylic acids is 1. The van der Waals surface area contributed by atoms with Crippen molar-refractivity contribution in [3.05, 3.63) is 53.6 Å². The van der Waals surface area contributed by atoms with Crippen LogP contribution < -0.4 is 5.32 Å². The van der Waals surface area contributed by atoms with Crippen molar-refractivity contribution in [1.82, 2.24) is 14.5 Å². The van der Waals surface area contributed by atoms with Gasteiger partial charge in [0.05, 0.1) is 22.3 Å². The van der Waals surface area contributed by atoms with Crippen LogP contribution in [0.4, 0.5) is 29.1 Å². The van der Waals surface area contributed by atoms with Crippen LogP contribution in [0.3, 0.4) is 0 Å². The first-order valence-corrected chi connectivity index (χ1v) is 9.13. The molecule has 152 valence electrons. The number of carbonyl (C=O) groups is 1. The Morgan fingerprint density at radius 1 is 1.17 bits per heavy atom. The van der Waals surface area contributed by atoms with E-state index in [2.05, 4.69) is 10.3 Å². The number of benzene rings is 1. The molecule has 0 aliphatic carbocycles. The summed E-state index contributed by atoms with van der Waals surface area (Å²) in [4.78, 5) is 18.8. The van der Waals surface area contributed by atoms with Crippen molar-refractivity contribution in [2.24, 2.45) is 7.05 Å². The Kier molecular flexibility index (Phi) is 4.68. The van der Waals surface area contributed by atoms with E-state index >= 15 is 0 Å². The zero-order valence-electron chi connectivity index (χ0n) is 15.6. The van der Waals surface area contributed by atoms with Gasteiger partial charge < -0.3 is 14.8 Å². The molecular formula is C20H18F4N4O. The number of amides is 1. The van der Waals surface area contributed by atoms with Crippen molar-refractivity contribution in [2.75, 3.05) is 18.4 Å². The molecule has 1 N–H and O–H groups in total. The van der Waals surface area contributed by atoms with Gasteiger partial charge in [-0.3, -0.25) is 4.79 Å². The molecule has 3 heterocycles. The second-order valence-corrected chi connectivity index (χ2v) is 7.00. The summed E-state index contributed by atoms with van der Waals surface area (Å²) in [6.45, 7) is 1.36. The van der Waals surface area contributed by atoms with Gasteiger partial charge in [-0.25, -0.2) is 9.37 Å². The van der Waals surface area contributed by atoms with Gasteiger partial charge in [0.1, 0.15) is 5.82 Å². The number of likely N-dealkylation sites (tertiary alicyclic amines) is 1. The van der Waals surface area contributed by atoms with E-state index in [1.165, 1.54) is 12.3 Å². The minimum absolute atomic E-state index is 0.140. The Labute approximate surface area is 163 Å². The van der Waals surface area contributed by atoms with E-state index in [0.29, 0.717) is 35.6 Å². The maximum atomic E-state index is 14.4. The number of nitrogens with zero attached hydrogens (tertiary/aromatic N) is 3. The molecule has 1 saturated heterocycles. The largest absolute Gasteiger partial charge is 0.419 e. The van der Waals surface area contributed by atoms with Gasteiger partial charge in [0.15, 0.2) is 5.82 Å². The highest BCUT2D eigenvalue weighted by Crippen LogP contribution is 2.36. The van der Waals surface area contributed by atoms with Gasteiger partial charge >= 0.3 is 6.18 Å². The molecule has 2 aromatic heterocycles. The second-order valence-electron chi connectivity index (χ2n) is 7.00. The maximum Gasteiger partial charge on any atom is 0.419 e. The molecule has 29 heavy (non-hydrogen) atoms. The number of rotatable bonds is 3. The minimum Gasteiger partial charge on any atom is -0.350 e. The third-order valence-corrected chi connectivity index (χ3v) is 5.09. The van der Waals surface area contributed by atoms with E-state index in [4.69, 9.17) is 0 Å². The van der Waals surface area contributed by atoms with Gasteiger partial charge in [0.25, 0.3) is 5.91 Å². The lowest BCUT2D eigenvalue weighted by atomic mass is 10.1. The average Bonchev–Trinajstić information content (AvgIpc) is 3.33. The fraction of sp³-hybridized carbons (Fsp3) is 0.300. The van der Waals surface area contributed by atoms with Crippen LogP contribution in [0.2, 0.25) is 0 Å². The lowest BCUT2D eigenvalue weighted by molar-refractivity contribution is -0.139. The number of aromatic nitrogens is 2. The molecule has 1 aromatic carbocycles. The number of hydrogen-bond donors (Lipinski definition) is 1. The summed E-state index contributed by atoms with van der Waals surface area (Å²) < 4.78 is 55.1. The third-order valence-electron chi connectivity index (χ3n) is 5.09. The normalized spacial score (nSPS) is 14.6. The highest BCUT2D eigenvalue weighted by Gasteiger charge is 2.35. The summed E-state index contributed by atoms with van der Waals surface area (Å²) in [6, 6.07) is 4.72. The lowest BCUT2D eigenvalue weighted by Gasteiger charge is -2.17. The third kappa shape index (κ3) is 3.41. The maximum absolute atomic E-state index is 14.4. The number of hydrogen-bond acceptors (Lipinski definition) is 3. The van der Waals surface area contributed by atoms with Crippen molar-refractivity contribution >= 4 is 28.3 Å². The highest BCUT2D eigenvalue weighted by atomic mass is 19.4. The molecular weight excluding hydrogens is 388 g/mol. The molecule has 1 aliphatic rings. The van der Waals surface area contributed by atoms with Crippen LogP contribution in [-0.2, 0) is 13.2 Å². The molecule has 1 aliphatic heterocycles. The first-order chi connectivity index (χ1) is 13.8. The molecule has 5 nitrogen and oxygen atoms in total. The van der Waals surface area contributed by atoms with E-state index in [-0.39, 0.29) is 17.4 Å². The van der Waals surface area contributed by atoms with Crippen LogP contribution in [0.15, 0.2) is 36.7 Å². The average molecular weight is 406 g/mol. The van der Waals surface area contributed by atoms with Crippen LogP contribution in [0.1, 0.15) is 28.8 Å². The minimum atomic E-state index is -4.80. The molecule has 9 heteroatoms. The van der Waals surface area contributed by atoms with E-state index < -0.39 is 17.6 Å². The summed E-state index contributed by atoms with van der Waals surface area (Å²) >= 11 is 0. The van der Waals surface area contributed by atoms with Crippen LogP contribution in [0.25, 0.3) is 10.9 Å². The Morgan fingerprint density at radius 2 is 1.90 bits per heavy atom. The van der Waals surface area contributed by atoms with Gasteiger partial charge in [0, 0.05) is 37.9 Å². The van der Waals surface area contributed by atoms with Gasteiger partial charge in [-0.1, -0.05) is 6.07 Å². The molecule has 0 saturated carbocycles. The molecule has 1 amide bonds. The number of alkyl halides is 3. The summed E-state index contributed by atoms with van der Waals surface area (Å²) in [5, 5.41) is 3.17. The van der Waals surface area contributed by atoms with Gasteiger partial charge in [-0.2, -0.15) is 13.2 Å². The van der Waals surface area contributed by atoms with Gasteiger partial charge in [0.2, 0.25) is 0 Å². The fourth-order valence-electron chi connectivity index (χ4n) is 3.64. The first kappa shape index (κ1) is 19.2. The quantitative estimate of drug-likeness (QED) is 0.641. The topological polar surface area (TPSA) is 50.2 Å². The van der Waals surface area contributed by atoms with Crippen LogP contribution in [0.5, 0.6) is 0 Å². The lowest BCUT2D eigenvalue weighted by Crippen LogP contribution is -2.28. The zero-order chi connectivity index (χ0) is 20.8. The number of halogens is 4. The monoisotopic (exact) mass is 406 g/mol. The molecule has 0 atom stereocenters. The molecule has 0 spiro atoms. The number of fused-ring (bicyclic) bond motifs is 1. The van der Waals surface area contributed by atoms with Crippen molar-refractivity contribution in [3.63, 3.8) is 0 Å². The zero-order valence-corrected chi connectivity index (χ0v) is 15.6. The summed E-state index contributed by atoms with van der Waals surface area (Å²) in [6.07, 6.45) is 0.203. The molecule has 0 bridgehead atoms. The van der Waals surface area contributed by atoms with E-state index in [1.807, 2.05) is 0 Å². The number of aryl methyl sites for hydroxylation is 1. The van der Waals surface area contributed by atoms with Crippen molar-refractivity contribution in [3.8, 4) is 0 Å². The molecule has 3 aromatic rings. The number of anilines is 2. The SMILES string of the molecule is Cn1ccc2c(Nc3cccc(C(F)(F)F)c3F)ncc(C(=O)N3CCCC3)c21. The van der Waals surface area contributed by atoms with Crippen LogP contribution in [-0.4, -0.2) is 33.4 Å². The van der Waals surface area contributed by atoms with Crippen molar-refractivity contribution in [2.45, 2.75) is 19.0 Å². The van der Waals surface area contributed by atoms with Crippen molar-refractivity contribution in [1.29, 1.82) is 0 Å². The van der Waals surface area contributed by atoms with Gasteiger partial charge in [-0.05, 0) is 31.0 Å². The number of nitrogens with one attached hydrogen (secondary N) is 1. The van der Waals surface area contributed by atoms with Gasteiger partial charge in [-0.15, -0.1) is 0 Å². The van der Waals surface area contributed by atoms with E-state index in [9.17, 15) is 22.4 Å². The Balaban J connectivity index is 1.75. The van der Waals surface area contributed by atoms with E-state index in [0.717, 1.165) is 18.9 Å².